The lowest BCUT2D eigenvalue weighted by Gasteiger charge is -2.00. The monoisotopic (exact) mass is 259 g/mol. The molecule has 0 radical (unpaired) electrons. The number of nitrogens with zero attached hydrogens (tertiary/aromatic N) is 1. The number of alkyl halides is 1. The van der Waals surface area contributed by atoms with Crippen LogP contribution < -0.4 is 0 Å². The third kappa shape index (κ3) is 2.29. The number of carbonyl (C=O) groups excluding carboxylic acids is 1. The van der Waals surface area contributed by atoms with Crippen LogP contribution in [0.2, 0.25) is 0 Å². The first-order chi connectivity index (χ1) is 6.66. The SMILES string of the molecule is O=C(OCBr)c1ccccc1[N+](=O)[O-]. The van der Waals surface area contributed by atoms with E-state index in [0.29, 0.717) is 0 Å². The van der Waals surface area contributed by atoms with Crippen molar-refractivity contribution in [3.8, 4) is 0 Å². The van der Waals surface area contributed by atoms with Crippen LogP contribution in [0.3, 0.4) is 0 Å². The second-order valence-electron chi connectivity index (χ2n) is 2.32. The van der Waals surface area contributed by atoms with E-state index in [1.807, 2.05) is 0 Å². The number of halogens is 1. The molecular formula is C8H6BrNO4. The van der Waals surface area contributed by atoms with Crippen molar-refractivity contribution in [1.29, 1.82) is 0 Å². The molecule has 0 saturated carbocycles. The Morgan fingerprint density at radius 3 is 2.71 bits per heavy atom. The summed E-state index contributed by atoms with van der Waals surface area (Å²) in [6.45, 7) is 0. The molecule has 0 saturated heterocycles. The van der Waals surface area contributed by atoms with Gasteiger partial charge in [0.15, 0.2) is 0 Å². The highest BCUT2D eigenvalue weighted by Crippen LogP contribution is 2.18. The van der Waals surface area contributed by atoms with Crippen molar-refractivity contribution in [3.05, 3.63) is 39.9 Å². The van der Waals surface area contributed by atoms with Crippen LogP contribution in [0.4, 0.5) is 5.69 Å². The van der Waals surface area contributed by atoms with Gasteiger partial charge in [-0.05, 0) is 22.0 Å². The minimum absolute atomic E-state index is 0.0118. The lowest BCUT2D eigenvalue weighted by Crippen LogP contribution is -2.06. The summed E-state index contributed by atoms with van der Waals surface area (Å²) in [6.07, 6.45) is 0. The summed E-state index contributed by atoms with van der Waals surface area (Å²) >= 11 is 2.90. The van der Waals surface area contributed by atoms with E-state index in [1.54, 1.807) is 0 Å². The Balaban J connectivity index is 3.07. The van der Waals surface area contributed by atoms with Crippen molar-refractivity contribution in [2.45, 2.75) is 0 Å². The van der Waals surface area contributed by atoms with Gasteiger partial charge in [-0.2, -0.15) is 0 Å². The third-order valence-electron chi connectivity index (χ3n) is 1.51. The second-order valence-corrected chi connectivity index (χ2v) is 2.77. The first-order valence-electron chi connectivity index (χ1n) is 3.63. The highest BCUT2D eigenvalue weighted by Gasteiger charge is 2.19. The molecule has 14 heavy (non-hydrogen) atoms. The molecule has 1 aromatic carbocycles. The molecule has 0 amide bonds. The van der Waals surface area contributed by atoms with E-state index in [0.717, 1.165) is 0 Å². The Morgan fingerprint density at radius 2 is 2.14 bits per heavy atom. The number of esters is 1. The summed E-state index contributed by atoms with van der Waals surface area (Å²) in [4.78, 5) is 21.1. The zero-order valence-corrected chi connectivity index (χ0v) is 8.56. The lowest BCUT2D eigenvalue weighted by atomic mass is 10.2. The van der Waals surface area contributed by atoms with E-state index in [2.05, 4.69) is 20.7 Å². The van der Waals surface area contributed by atoms with Gasteiger partial charge in [0.2, 0.25) is 0 Å². The predicted octanol–water partition coefficient (Wildman–Crippen LogP) is 2.10. The average Bonchev–Trinajstić information content (AvgIpc) is 2.18. The normalized spacial score (nSPS) is 9.50. The second kappa shape index (κ2) is 4.71. The van der Waals surface area contributed by atoms with Gasteiger partial charge >= 0.3 is 5.97 Å². The van der Waals surface area contributed by atoms with Gasteiger partial charge in [-0.1, -0.05) is 12.1 Å². The smallest absolute Gasteiger partial charge is 0.346 e. The maximum Gasteiger partial charge on any atom is 0.346 e. The summed E-state index contributed by atoms with van der Waals surface area (Å²) in [7, 11) is 0. The molecule has 1 aromatic rings. The van der Waals surface area contributed by atoms with Crippen molar-refractivity contribution in [3.63, 3.8) is 0 Å². The van der Waals surface area contributed by atoms with Crippen LogP contribution >= 0.6 is 15.9 Å². The minimum atomic E-state index is -0.714. The molecule has 74 valence electrons. The van der Waals surface area contributed by atoms with Gasteiger partial charge in [0.05, 0.1) is 4.92 Å². The summed E-state index contributed by atoms with van der Waals surface area (Å²) in [5.41, 5.74) is -0.284. The van der Waals surface area contributed by atoms with Crippen LogP contribution in [-0.4, -0.2) is 16.4 Å². The van der Waals surface area contributed by atoms with Crippen LogP contribution in [-0.2, 0) is 4.74 Å². The molecule has 0 N–H and O–H groups in total. The number of ether oxygens (including phenoxy) is 1. The first-order valence-corrected chi connectivity index (χ1v) is 4.75. The molecular weight excluding hydrogens is 254 g/mol. The number of benzene rings is 1. The molecule has 0 aliphatic carbocycles. The van der Waals surface area contributed by atoms with Gasteiger partial charge in [-0.25, -0.2) is 4.79 Å². The third-order valence-corrected chi connectivity index (χ3v) is 1.74. The molecule has 0 bridgehead atoms. The fourth-order valence-electron chi connectivity index (χ4n) is 0.933. The standard InChI is InChI=1S/C8H6BrNO4/c9-5-14-8(11)6-3-1-2-4-7(6)10(12)13/h1-4H,5H2. The van der Waals surface area contributed by atoms with Crippen molar-refractivity contribution >= 4 is 27.6 Å². The molecule has 0 atom stereocenters. The Labute approximate surface area is 88.0 Å². The number of hydrogen-bond donors (Lipinski definition) is 0. The number of carbonyl (C=O) groups is 1. The summed E-state index contributed by atoms with van der Waals surface area (Å²) in [5.74, 6) is -0.714. The van der Waals surface area contributed by atoms with Gasteiger partial charge in [-0.15, -0.1) is 0 Å². The first kappa shape index (κ1) is 10.6. The number of nitro benzene ring substituents is 1. The number of para-hydroxylation sites is 1. The van der Waals surface area contributed by atoms with E-state index in [4.69, 9.17) is 0 Å². The number of hydrogen-bond acceptors (Lipinski definition) is 4. The molecule has 5 nitrogen and oxygen atoms in total. The Hall–Kier alpha value is -1.43. The van der Waals surface area contributed by atoms with Crippen LogP contribution in [0.1, 0.15) is 10.4 Å². The topological polar surface area (TPSA) is 69.4 Å². The number of rotatable bonds is 3. The maximum absolute atomic E-state index is 11.2. The van der Waals surface area contributed by atoms with E-state index in [9.17, 15) is 14.9 Å². The zero-order valence-electron chi connectivity index (χ0n) is 6.97. The van der Waals surface area contributed by atoms with Gasteiger partial charge < -0.3 is 4.74 Å². The summed E-state index contributed by atoms with van der Waals surface area (Å²) in [5, 5.41) is 10.5. The molecule has 6 heteroatoms. The van der Waals surface area contributed by atoms with E-state index in [1.165, 1.54) is 24.3 Å². The van der Waals surface area contributed by atoms with Gasteiger partial charge in [-0.3, -0.25) is 10.1 Å². The maximum atomic E-state index is 11.2. The van der Waals surface area contributed by atoms with E-state index >= 15 is 0 Å². The molecule has 0 unspecified atom stereocenters. The Bertz CT molecular complexity index is 366. The number of nitro groups is 1. The molecule has 0 fully saturated rings. The predicted molar refractivity (Wildman–Crippen MR) is 52.3 cm³/mol. The molecule has 1 rings (SSSR count). The highest BCUT2D eigenvalue weighted by molar-refractivity contribution is 9.09. The Kier molecular flexibility index (Phi) is 3.58. The van der Waals surface area contributed by atoms with Crippen molar-refractivity contribution in [2.75, 3.05) is 5.52 Å². The average molecular weight is 260 g/mol. The summed E-state index contributed by atoms with van der Waals surface area (Å²) < 4.78 is 4.59. The van der Waals surface area contributed by atoms with Crippen LogP contribution in [0, 0.1) is 10.1 Å². The molecule has 0 spiro atoms. The molecule has 0 heterocycles. The zero-order chi connectivity index (χ0) is 10.6. The van der Waals surface area contributed by atoms with Crippen LogP contribution in [0.25, 0.3) is 0 Å². The fourth-order valence-corrected chi connectivity index (χ4v) is 1.14. The lowest BCUT2D eigenvalue weighted by molar-refractivity contribution is -0.385. The van der Waals surface area contributed by atoms with Crippen molar-refractivity contribution in [2.24, 2.45) is 0 Å². The van der Waals surface area contributed by atoms with Gasteiger partial charge in [0.25, 0.3) is 5.69 Å². The van der Waals surface area contributed by atoms with Gasteiger partial charge in [0.1, 0.15) is 11.1 Å². The van der Waals surface area contributed by atoms with Crippen molar-refractivity contribution < 1.29 is 14.5 Å². The van der Waals surface area contributed by atoms with Crippen molar-refractivity contribution in [1.82, 2.24) is 0 Å². The molecule has 0 aliphatic rings. The highest BCUT2D eigenvalue weighted by atomic mass is 79.9. The molecule has 0 aromatic heterocycles. The van der Waals surface area contributed by atoms with Crippen LogP contribution in [0.15, 0.2) is 24.3 Å². The fraction of sp³-hybridized carbons (Fsp3) is 0.125. The summed E-state index contributed by atoms with van der Waals surface area (Å²) in [6, 6.07) is 5.63. The quantitative estimate of drug-likeness (QED) is 0.361. The minimum Gasteiger partial charge on any atom is -0.450 e. The Morgan fingerprint density at radius 1 is 1.50 bits per heavy atom. The van der Waals surface area contributed by atoms with E-state index < -0.39 is 10.9 Å². The van der Waals surface area contributed by atoms with Gasteiger partial charge in [0, 0.05) is 6.07 Å². The van der Waals surface area contributed by atoms with E-state index in [-0.39, 0.29) is 16.8 Å². The molecule has 0 aliphatic heterocycles. The largest absolute Gasteiger partial charge is 0.450 e. The van der Waals surface area contributed by atoms with Crippen LogP contribution in [0.5, 0.6) is 0 Å².